The van der Waals surface area contributed by atoms with E-state index in [1.165, 1.54) is 4.31 Å². The lowest BCUT2D eigenvalue weighted by molar-refractivity contribution is -0.120. The van der Waals surface area contributed by atoms with E-state index in [0.717, 1.165) is 0 Å². The summed E-state index contributed by atoms with van der Waals surface area (Å²) < 4.78 is 36.8. The maximum absolute atomic E-state index is 12.4. The Morgan fingerprint density at radius 2 is 2.00 bits per heavy atom. The molecule has 0 bridgehead atoms. The van der Waals surface area contributed by atoms with E-state index in [0.29, 0.717) is 44.4 Å². The Hall–Kier alpha value is -2.11. The quantitative estimate of drug-likeness (QED) is 0.414. The number of nitrogens with one attached hydrogen (secondary N) is 2. The van der Waals surface area contributed by atoms with Crippen molar-refractivity contribution in [2.75, 3.05) is 52.1 Å². The van der Waals surface area contributed by atoms with Gasteiger partial charge in [0.15, 0.2) is 5.96 Å². The van der Waals surface area contributed by atoms with Crippen LogP contribution < -0.4 is 10.6 Å². The van der Waals surface area contributed by atoms with E-state index in [2.05, 4.69) is 15.6 Å². The van der Waals surface area contributed by atoms with Crippen LogP contribution in [0.15, 0.2) is 27.8 Å². The first-order chi connectivity index (χ1) is 13.8. The van der Waals surface area contributed by atoms with Gasteiger partial charge in [-0.25, -0.2) is 8.42 Å². The van der Waals surface area contributed by atoms with Crippen molar-refractivity contribution < 1.29 is 22.4 Å². The summed E-state index contributed by atoms with van der Waals surface area (Å²) in [4.78, 5) is 18.1. The lowest BCUT2D eigenvalue weighted by Gasteiger charge is -2.35. The molecule has 11 heteroatoms. The van der Waals surface area contributed by atoms with Gasteiger partial charge in [0.1, 0.15) is 5.76 Å². The molecule has 0 radical (unpaired) electrons. The second-order valence-corrected chi connectivity index (χ2v) is 8.97. The lowest BCUT2D eigenvalue weighted by atomic mass is 10.4. The number of aliphatic imine (C=N–C) groups is 1. The van der Waals surface area contributed by atoms with Crippen molar-refractivity contribution in [2.45, 2.75) is 26.5 Å². The number of nitrogens with zero attached hydrogens (tertiary/aromatic N) is 3. The van der Waals surface area contributed by atoms with Crippen LogP contribution in [0, 0.1) is 0 Å². The van der Waals surface area contributed by atoms with Crippen LogP contribution in [0.4, 0.5) is 0 Å². The van der Waals surface area contributed by atoms with Crippen LogP contribution in [-0.4, -0.2) is 87.7 Å². The summed E-state index contributed by atoms with van der Waals surface area (Å²) in [6.07, 6.45) is 1.56. The first-order valence-electron chi connectivity index (χ1n) is 9.66. The highest BCUT2D eigenvalue weighted by atomic mass is 32.2. The predicted molar refractivity (Wildman–Crippen MR) is 110 cm³/mol. The molecule has 0 atom stereocenters. The summed E-state index contributed by atoms with van der Waals surface area (Å²) >= 11 is 0. The Morgan fingerprint density at radius 1 is 1.28 bits per heavy atom. The molecule has 2 N–H and O–H groups in total. The molecule has 0 aromatic carbocycles. The topological polar surface area (TPSA) is 116 Å². The molecule has 1 amide bonds. The van der Waals surface area contributed by atoms with Gasteiger partial charge < -0.3 is 24.7 Å². The Balaban J connectivity index is 1.74. The monoisotopic (exact) mass is 429 g/mol. The molecule has 0 spiro atoms. The summed E-state index contributed by atoms with van der Waals surface area (Å²) in [5.74, 6) is 1.04. The van der Waals surface area contributed by atoms with Gasteiger partial charge in [-0.15, -0.1) is 0 Å². The fourth-order valence-corrected chi connectivity index (χ4v) is 4.13. The third-order valence-corrected chi connectivity index (χ3v) is 6.22. The first-order valence-corrected chi connectivity index (χ1v) is 11.3. The standard InChI is InChI=1S/C18H31N5O5S/c1-15(2)27-11-12-29(25,26)23-8-6-22(7-9-23)18(19-3)21-14-17(24)20-13-16-5-4-10-28-16/h4-5,10,15H,6-9,11-14H2,1-3H3,(H,19,21)(H,20,24). The minimum atomic E-state index is -3.34. The normalized spacial score (nSPS) is 16.3. The molecule has 29 heavy (non-hydrogen) atoms. The molecule has 0 unspecified atom stereocenters. The van der Waals surface area contributed by atoms with E-state index in [1.54, 1.807) is 25.4 Å². The minimum absolute atomic E-state index is 0.00716. The van der Waals surface area contributed by atoms with Crippen molar-refractivity contribution in [3.05, 3.63) is 24.2 Å². The molecule has 1 fully saturated rings. The number of amides is 1. The number of rotatable bonds is 9. The highest BCUT2D eigenvalue weighted by molar-refractivity contribution is 7.89. The SMILES string of the molecule is CN=C(NCC(=O)NCc1ccco1)N1CCN(S(=O)(=O)CCOC(C)C)CC1. The van der Waals surface area contributed by atoms with Gasteiger partial charge in [-0.05, 0) is 26.0 Å². The van der Waals surface area contributed by atoms with Crippen LogP contribution in [-0.2, 0) is 26.1 Å². The second-order valence-electron chi connectivity index (χ2n) is 6.88. The molecule has 164 valence electrons. The average Bonchev–Trinajstić information content (AvgIpc) is 3.20. The van der Waals surface area contributed by atoms with Crippen LogP contribution in [0.2, 0.25) is 0 Å². The maximum atomic E-state index is 12.4. The zero-order valence-electron chi connectivity index (χ0n) is 17.3. The van der Waals surface area contributed by atoms with Gasteiger partial charge in [-0.2, -0.15) is 4.31 Å². The third-order valence-electron chi connectivity index (χ3n) is 4.38. The average molecular weight is 430 g/mol. The Morgan fingerprint density at radius 3 is 2.59 bits per heavy atom. The summed E-state index contributed by atoms with van der Waals surface area (Å²) in [7, 11) is -1.71. The van der Waals surface area contributed by atoms with Gasteiger partial charge in [-0.1, -0.05) is 0 Å². The maximum Gasteiger partial charge on any atom is 0.239 e. The van der Waals surface area contributed by atoms with Crippen LogP contribution >= 0.6 is 0 Å². The minimum Gasteiger partial charge on any atom is -0.467 e. The van der Waals surface area contributed by atoms with Gasteiger partial charge in [-0.3, -0.25) is 9.79 Å². The first kappa shape index (κ1) is 23.2. The van der Waals surface area contributed by atoms with Crippen LogP contribution in [0.5, 0.6) is 0 Å². The molecule has 0 aliphatic carbocycles. The van der Waals surface area contributed by atoms with Crippen LogP contribution in [0.1, 0.15) is 19.6 Å². The van der Waals surface area contributed by atoms with Crippen molar-refractivity contribution in [2.24, 2.45) is 4.99 Å². The Bertz CT molecular complexity index is 756. The lowest BCUT2D eigenvalue weighted by Crippen LogP contribution is -2.55. The molecular formula is C18H31N5O5S. The summed E-state index contributed by atoms with van der Waals surface area (Å²) in [5, 5.41) is 5.77. The smallest absolute Gasteiger partial charge is 0.239 e. The fourth-order valence-electron chi connectivity index (χ4n) is 2.85. The summed E-state index contributed by atoms with van der Waals surface area (Å²) in [6, 6.07) is 3.55. The molecule has 2 rings (SSSR count). The van der Waals surface area contributed by atoms with E-state index in [4.69, 9.17) is 9.15 Å². The molecule has 1 saturated heterocycles. The van der Waals surface area contributed by atoms with Crippen LogP contribution in [0.25, 0.3) is 0 Å². The Labute approximate surface area is 172 Å². The number of guanidine groups is 1. The van der Waals surface area contributed by atoms with E-state index in [9.17, 15) is 13.2 Å². The molecule has 1 aliphatic rings. The molecule has 1 aliphatic heterocycles. The van der Waals surface area contributed by atoms with Gasteiger partial charge in [0.05, 0.1) is 37.8 Å². The van der Waals surface area contributed by atoms with Crippen molar-refractivity contribution >= 4 is 21.9 Å². The molecule has 10 nitrogen and oxygen atoms in total. The second kappa shape index (κ2) is 11.2. The highest BCUT2D eigenvalue weighted by Gasteiger charge is 2.28. The largest absolute Gasteiger partial charge is 0.467 e. The number of piperazine rings is 1. The summed E-state index contributed by atoms with van der Waals surface area (Å²) in [6.45, 7) is 6.07. The molecule has 1 aromatic heterocycles. The molecule has 2 heterocycles. The van der Waals surface area contributed by atoms with Gasteiger partial charge in [0.2, 0.25) is 15.9 Å². The number of carbonyl (C=O) groups is 1. The van der Waals surface area contributed by atoms with Gasteiger partial charge in [0.25, 0.3) is 0 Å². The molecule has 0 saturated carbocycles. The van der Waals surface area contributed by atoms with Gasteiger partial charge in [0, 0.05) is 33.2 Å². The van der Waals surface area contributed by atoms with E-state index in [1.807, 2.05) is 18.7 Å². The van der Waals surface area contributed by atoms with Crippen molar-refractivity contribution in [1.29, 1.82) is 0 Å². The van der Waals surface area contributed by atoms with E-state index in [-0.39, 0.29) is 30.9 Å². The van der Waals surface area contributed by atoms with Crippen LogP contribution in [0.3, 0.4) is 0 Å². The Kier molecular flexibility index (Phi) is 8.93. The molecular weight excluding hydrogens is 398 g/mol. The zero-order chi connectivity index (χ0) is 21.3. The number of ether oxygens (including phenoxy) is 1. The van der Waals surface area contributed by atoms with E-state index >= 15 is 0 Å². The van der Waals surface area contributed by atoms with Crippen molar-refractivity contribution in [3.63, 3.8) is 0 Å². The van der Waals surface area contributed by atoms with Crippen molar-refractivity contribution in [3.8, 4) is 0 Å². The molecule has 1 aromatic rings. The zero-order valence-corrected chi connectivity index (χ0v) is 18.1. The van der Waals surface area contributed by atoms with Gasteiger partial charge >= 0.3 is 0 Å². The number of hydrogen-bond acceptors (Lipinski definition) is 6. The number of hydrogen-bond donors (Lipinski definition) is 2. The number of sulfonamides is 1. The number of carbonyl (C=O) groups excluding carboxylic acids is 1. The third kappa shape index (κ3) is 7.67. The predicted octanol–water partition coefficient (Wildman–Crippen LogP) is -0.156. The van der Waals surface area contributed by atoms with Crippen molar-refractivity contribution in [1.82, 2.24) is 19.8 Å². The number of furan rings is 1. The fraction of sp³-hybridized carbons (Fsp3) is 0.667. The van der Waals surface area contributed by atoms with E-state index < -0.39 is 10.0 Å². The summed E-state index contributed by atoms with van der Waals surface area (Å²) in [5.41, 5.74) is 0. The highest BCUT2D eigenvalue weighted by Crippen LogP contribution is 2.09.